The molecule has 1 aromatic rings. The third kappa shape index (κ3) is 3.96. The van der Waals surface area contributed by atoms with Gasteiger partial charge in [0.05, 0.1) is 22.7 Å². The quantitative estimate of drug-likeness (QED) is 0.341. The predicted molar refractivity (Wildman–Crippen MR) is 133 cm³/mol. The van der Waals surface area contributed by atoms with E-state index in [1.165, 1.54) is 0 Å². The van der Waals surface area contributed by atoms with Gasteiger partial charge in [-0.1, -0.05) is 54.8 Å². The third-order valence-corrected chi connectivity index (χ3v) is 7.98. The second kappa shape index (κ2) is 10.00. The Balaban J connectivity index is 1.56. The van der Waals surface area contributed by atoms with Crippen LogP contribution in [-0.2, 0) is 23.9 Å². The Morgan fingerprint density at radius 3 is 2.69 bits per heavy atom. The van der Waals surface area contributed by atoms with E-state index < -0.39 is 35.6 Å². The molecule has 0 radical (unpaired) electrons. The number of carbonyl (C=O) groups excluding carboxylic acids is 3. The minimum Gasteiger partial charge on any atom is -0.461 e. The lowest BCUT2D eigenvalue weighted by Gasteiger charge is -2.36. The lowest BCUT2D eigenvalue weighted by molar-refractivity contribution is -0.152. The summed E-state index contributed by atoms with van der Waals surface area (Å²) < 4.78 is 11.9. The Morgan fingerprint density at radius 2 is 1.92 bits per heavy atom. The molecule has 1 N–H and O–H groups in total. The summed E-state index contributed by atoms with van der Waals surface area (Å²) in [6.45, 7) is 2.78. The molecular formula is C27H31ClN2O6. The van der Waals surface area contributed by atoms with Crippen molar-refractivity contribution in [2.75, 3.05) is 31.2 Å². The molecule has 0 aliphatic carbocycles. The molecule has 8 nitrogen and oxygen atoms in total. The topological polar surface area (TPSA) is 96.4 Å². The molecule has 36 heavy (non-hydrogen) atoms. The molecule has 2 amide bonds. The molecule has 5 rings (SSSR count). The molecule has 1 spiro atoms. The van der Waals surface area contributed by atoms with Gasteiger partial charge in [-0.3, -0.25) is 14.4 Å². The van der Waals surface area contributed by atoms with Crippen molar-refractivity contribution in [3.63, 3.8) is 0 Å². The number of fused-ring (bicyclic) bond motifs is 2. The normalized spacial score (nSPS) is 31.1. The van der Waals surface area contributed by atoms with Gasteiger partial charge in [0.1, 0.15) is 24.2 Å². The fraction of sp³-hybridized carbons (Fsp3) is 0.519. The first-order chi connectivity index (χ1) is 17.4. The maximum atomic E-state index is 14.3. The van der Waals surface area contributed by atoms with Crippen LogP contribution in [0.2, 0.25) is 5.02 Å². The van der Waals surface area contributed by atoms with Gasteiger partial charge in [0.15, 0.2) is 0 Å². The summed E-state index contributed by atoms with van der Waals surface area (Å²) in [5, 5.41) is 9.54. The van der Waals surface area contributed by atoms with Crippen LogP contribution in [0.25, 0.3) is 0 Å². The van der Waals surface area contributed by atoms with Crippen LogP contribution in [0.3, 0.4) is 0 Å². The van der Waals surface area contributed by atoms with E-state index in [-0.39, 0.29) is 31.6 Å². The van der Waals surface area contributed by atoms with Crippen LogP contribution in [-0.4, -0.2) is 71.8 Å². The summed E-state index contributed by atoms with van der Waals surface area (Å²) in [7, 11) is 0. The Hall–Kier alpha value is -2.68. The smallest absolute Gasteiger partial charge is 0.313 e. The SMILES string of the molecule is Cc1cccc(Cl)c1N1CC=C[C@]23O[C@@H]4C=CCOC(=O)[C@@H]4[C@H]2C(=O)N(CCCCCCO)C3C1=O. The number of carbonyl (C=O) groups is 3. The molecule has 1 aromatic carbocycles. The van der Waals surface area contributed by atoms with Gasteiger partial charge < -0.3 is 24.4 Å². The highest BCUT2D eigenvalue weighted by atomic mass is 35.5. The number of hydrogen-bond donors (Lipinski definition) is 1. The Morgan fingerprint density at radius 1 is 1.11 bits per heavy atom. The average Bonchev–Trinajstić information content (AvgIpc) is 3.14. The number of likely N-dealkylation sites (tertiary alicyclic amines) is 1. The van der Waals surface area contributed by atoms with E-state index >= 15 is 0 Å². The second-order valence-electron chi connectivity index (χ2n) is 9.83. The largest absolute Gasteiger partial charge is 0.461 e. The monoisotopic (exact) mass is 514 g/mol. The number of rotatable bonds is 7. The van der Waals surface area contributed by atoms with E-state index in [0.29, 0.717) is 30.1 Å². The number of unbranched alkanes of at least 4 members (excludes halogenated alkanes) is 3. The van der Waals surface area contributed by atoms with Crippen molar-refractivity contribution in [1.29, 1.82) is 0 Å². The summed E-state index contributed by atoms with van der Waals surface area (Å²) >= 11 is 6.55. The Labute approximate surface area is 215 Å². The Kier molecular flexibility index (Phi) is 6.94. The van der Waals surface area contributed by atoms with Crippen LogP contribution in [0.4, 0.5) is 5.69 Å². The van der Waals surface area contributed by atoms with E-state index in [4.69, 9.17) is 26.2 Å². The molecular weight excluding hydrogens is 484 g/mol. The molecule has 2 fully saturated rings. The first kappa shape index (κ1) is 25.0. The summed E-state index contributed by atoms with van der Waals surface area (Å²) in [5.74, 6) is -2.70. The standard InChI is InChI=1S/C27H31ClN2O6/c1-17-9-6-10-18(28)22(17)29-14-8-12-27-21(20-19(36-27)11-7-16-35-26(20)34)24(32)30(23(27)25(29)33)13-4-2-3-5-15-31/h6-12,19-21,23,31H,2-5,13-16H2,1H3/t19-,20+,21+,23?,27+/m1/s1. The van der Waals surface area contributed by atoms with Crippen LogP contribution in [0.5, 0.6) is 0 Å². The lowest BCUT2D eigenvalue weighted by Crippen LogP contribution is -2.55. The Bertz CT molecular complexity index is 1100. The second-order valence-corrected chi connectivity index (χ2v) is 10.2. The highest BCUT2D eigenvalue weighted by molar-refractivity contribution is 6.34. The maximum absolute atomic E-state index is 14.3. The first-order valence-corrected chi connectivity index (χ1v) is 12.9. The molecule has 5 atom stereocenters. The molecule has 1 unspecified atom stereocenters. The van der Waals surface area contributed by atoms with Crippen molar-refractivity contribution in [1.82, 2.24) is 4.90 Å². The van der Waals surface area contributed by atoms with Gasteiger partial charge >= 0.3 is 5.97 Å². The number of benzene rings is 1. The number of para-hydroxylation sites is 1. The van der Waals surface area contributed by atoms with Crippen molar-refractivity contribution in [3.8, 4) is 0 Å². The number of amides is 2. The van der Waals surface area contributed by atoms with Crippen LogP contribution >= 0.6 is 11.6 Å². The number of esters is 1. The van der Waals surface area contributed by atoms with Crippen LogP contribution < -0.4 is 4.90 Å². The number of halogens is 1. The zero-order chi connectivity index (χ0) is 25.4. The van der Waals surface area contributed by atoms with E-state index in [1.54, 1.807) is 28.0 Å². The molecule has 0 bridgehead atoms. The van der Waals surface area contributed by atoms with E-state index in [2.05, 4.69) is 0 Å². The highest BCUT2D eigenvalue weighted by Gasteiger charge is 2.71. The number of cyclic esters (lactones) is 1. The van der Waals surface area contributed by atoms with Crippen molar-refractivity contribution in [2.24, 2.45) is 11.8 Å². The molecule has 9 heteroatoms. The number of hydrogen-bond acceptors (Lipinski definition) is 6. The number of nitrogens with zero attached hydrogens (tertiary/aromatic N) is 2. The summed E-state index contributed by atoms with van der Waals surface area (Å²) in [6, 6.07) is 4.54. The molecule has 4 heterocycles. The zero-order valence-electron chi connectivity index (χ0n) is 20.3. The zero-order valence-corrected chi connectivity index (χ0v) is 21.0. The van der Waals surface area contributed by atoms with Crippen LogP contribution in [0, 0.1) is 18.8 Å². The summed E-state index contributed by atoms with van der Waals surface area (Å²) in [5.41, 5.74) is 0.177. The van der Waals surface area contributed by atoms with Crippen molar-refractivity contribution >= 4 is 35.1 Å². The molecule has 0 saturated carbocycles. The number of aryl methyl sites for hydroxylation is 1. The molecule has 4 aliphatic rings. The summed E-state index contributed by atoms with van der Waals surface area (Å²) in [6.07, 6.45) is 9.50. The minimum absolute atomic E-state index is 0.123. The highest BCUT2D eigenvalue weighted by Crippen LogP contribution is 2.53. The van der Waals surface area contributed by atoms with Gasteiger partial charge in [-0.05, 0) is 37.5 Å². The van der Waals surface area contributed by atoms with Crippen molar-refractivity contribution in [2.45, 2.75) is 50.4 Å². The fourth-order valence-corrected chi connectivity index (χ4v) is 6.45. The fourth-order valence-electron chi connectivity index (χ4n) is 6.12. The number of aliphatic hydroxyl groups is 1. The third-order valence-electron chi connectivity index (χ3n) is 7.68. The minimum atomic E-state index is -1.28. The van der Waals surface area contributed by atoms with Crippen molar-refractivity contribution in [3.05, 3.63) is 53.1 Å². The summed E-state index contributed by atoms with van der Waals surface area (Å²) in [4.78, 5) is 44.4. The lowest BCUT2D eigenvalue weighted by atomic mass is 9.78. The van der Waals surface area contributed by atoms with E-state index in [0.717, 1.165) is 18.4 Å². The molecule has 4 aliphatic heterocycles. The first-order valence-electron chi connectivity index (χ1n) is 12.6. The van der Waals surface area contributed by atoms with Gasteiger partial charge in [0.25, 0.3) is 5.91 Å². The van der Waals surface area contributed by atoms with E-state index in [1.807, 2.05) is 31.2 Å². The van der Waals surface area contributed by atoms with Gasteiger partial charge in [0, 0.05) is 19.7 Å². The van der Waals surface area contributed by atoms with Gasteiger partial charge in [-0.2, -0.15) is 0 Å². The average molecular weight is 515 g/mol. The van der Waals surface area contributed by atoms with Gasteiger partial charge in [-0.25, -0.2) is 0 Å². The predicted octanol–water partition coefficient (Wildman–Crippen LogP) is 2.80. The number of ether oxygens (including phenoxy) is 2. The molecule has 2 saturated heterocycles. The van der Waals surface area contributed by atoms with E-state index in [9.17, 15) is 14.4 Å². The maximum Gasteiger partial charge on any atom is 0.313 e. The van der Waals surface area contributed by atoms with Crippen LogP contribution in [0.15, 0.2) is 42.5 Å². The number of aliphatic hydroxyl groups excluding tert-OH is 1. The van der Waals surface area contributed by atoms with Crippen molar-refractivity contribution < 1.29 is 29.0 Å². The molecule has 192 valence electrons. The van der Waals surface area contributed by atoms with Gasteiger partial charge in [-0.15, -0.1) is 0 Å². The van der Waals surface area contributed by atoms with Crippen LogP contribution in [0.1, 0.15) is 31.2 Å². The number of anilines is 1. The van der Waals surface area contributed by atoms with Gasteiger partial charge in [0.2, 0.25) is 5.91 Å². The molecule has 0 aromatic heterocycles.